The van der Waals surface area contributed by atoms with Crippen molar-refractivity contribution in [3.05, 3.63) is 40.2 Å². The average molecular weight is 290 g/mol. The van der Waals surface area contributed by atoms with Crippen molar-refractivity contribution in [2.24, 2.45) is 0 Å². The van der Waals surface area contributed by atoms with Gasteiger partial charge in [0.05, 0.1) is 13.5 Å². The number of esters is 1. The minimum Gasteiger partial charge on any atom is -0.508 e. The maximum absolute atomic E-state index is 11.9. The summed E-state index contributed by atoms with van der Waals surface area (Å²) in [6.07, 6.45) is 0.0752. The number of carbonyl (C=O) groups is 2. The molecule has 0 fully saturated rings. The van der Waals surface area contributed by atoms with Crippen LogP contribution in [0.25, 0.3) is 11.0 Å². The first-order valence-electron chi connectivity index (χ1n) is 6.34. The van der Waals surface area contributed by atoms with Gasteiger partial charge in [-0.2, -0.15) is 0 Å². The summed E-state index contributed by atoms with van der Waals surface area (Å²) in [5, 5.41) is 9.97. The standard InChI is InChI=1S/C15H14O6/c1-20-14(18)5-3-10(16)6-9-7-15(19)21-13-8-11(17)2-4-12(9)13/h2,4,7-8,17H,3,5-6H2,1H3. The highest BCUT2D eigenvalue weighted by atomic mass is 16.5. The zero-order chi connectivity index (χ0) is 15.4. The molecule has 0 radical (unpaired) electrons. The lowest BCUT2D eigenvalue weighted by Gasteiger charge is -2.05. The summed E-state index contributed by atoms with van der Waals surface area (Å²) in [5.74, 6) is -0.661. The lowest BCUT2D eigenvalue weighted by atomic mass is 10.0. The summed E-state index contributed by atoms with van der Waals surface area (Å²) >= 11 is 0. The number of Topliss-reactive ketones (excluding diaryl/α,β-unsaturated/α-hetero) is 1. The molecule has 1 heterocycles. The Morgan fingerprint density at radius 2 is 2.00 bits per heavy atom. The van der Waals surface area contributed by atoms with Crippen molar-refractivity contribution in [3.63, 3.8) is 0 Å². The SMILES string of the molecule is COC(=O)CCC(=O)Cc1cc(=O)oc2cc(O)ccc12. The van der Waals surface area contributed by atoms with E-state index in [4.69, 9.17) is 4.42 Å². The third-order valence-corrected chi connectivity index (χ3v) is 3.04. The molecule has 2 rings (SSSR count). The topological polar surface area (TPSA) is 93.8 Å². The maximum atomic E-state index is 11.9. The monoisotopic (exact) mass is 290 g/mol. The van der Waals surface area contributed by atoms with Crippen molar-refractivity contribution >= 4 is 22.7 Å². The number of phenols is 1. The Bertz CT molecular complexity index is 743. The van der Waals surface area contributed by atoms with E-state index in [9.17, 15) is 19.5 Å². The molecule has 110 valence electrons. The van der Waals surface area contributed by atoms with Crippen LogP contribution in [0.3, 0.4) is 0 Å². The van der Waals surface area contributed by atoms with Gasteiger partial charge >= 0.3 is 11.6 Å². The summed E-state index contributed by atoms with van der Waals surface area (Å²) < 4.78 is 9.45. The Hall–Kier alpha value is -2.63. The highest BCUT2D eigenvalue weighted by Gasteiger charge is 2.12. The van der Waals surface area contributed by atoms with E-state index >= 15 is 0 Å². The summed E-state index contributed by atoms with van der Waals surface area (Å²) in [6.45, 7) is 0. The van der Waals surface area contributed by atoms with Crippen molar-refractivity contribution in [1.82, 2.24) is 0 Å². The molecule has 1 aromatic heterocycles. The van der Waals surface area contributed by atoms with Crippen LogP contribution < -0.4 is 5.63 Å². The Balaban J connectivity index is 2.24. The minimum absolute atomic E-state index is 0.00942. The lowest BCUT2D eigenvalue weighted by molar-refractivity contribution is -0.141. The molecule has 0 aliphatic heterocycles. The van der Waals surface area contributed by atoms with E-state index in [1.54, 1.807) is 6.07 Å². The summed E-state index contributed by atoms with van der Waals surface area (Å²) in [5.41, 5.74) is 0.137. The summed E-state index contributed by atoms with van der Waals surface area (Å²) in [6, 6.07) is 5.59. The predicted octanol–water partition coefficient (Wildman–Crippen LogP) is 1.56. The molecule has 1 aromatic carbocycles. The molecule has 0 aliphatic carbocycles. The van der Waals surface area contributed by atoms with E-state index in [0.717, 1.165) is 0 Å². The second-order valence-corrected chi connectivity index (χ2v) is 4.56. The Morgan fingerprint density at radius 1 is 1.24 bits per heavy atom. The molecule has 0 unspecified atom stereocenters. The number of rotatable bonds is 5. The van der Waals surface area contributed by atoms with Gasteiger partial charge in [-0.25, -0.2) is 4.79 Å². The fraction of sp³-hybridized carbons (Fsp3) is 0.267. The van der Waals surface area contributed by atoms with Crippen LogP contribution in [0.2, 0.25) is 0 Å². The second kappa shape index (κ2) is 6.21. The van der Waals surface area contributed by atoms with Crippen molar-refractivity contribution in [3.8, 4) is 5.75 Å². The molecule has 0 aliphatic rings. The zero-order valence-corrected chi connectivity index (χ0v) is 11.4. The normalized spacial score (nSPS) is 10.5. The molecular weight excluding hydrogens is 276 g/mol. The Labute approximate surface area is 119 Å². The fourth-order valence-electron chi connectivity index (χ4n) is 2.01. The zero-order valence-electron chi connectivity index (χ0n) is 11.4. The van der Waals surface area contributed by atoms with E-state index in [2.05, 4.69) is 4.74 Å². The molecule has 0 amide bonds. The van der Waals surface area contributed by atoms with Gasteiger partial charge in [0.2, 0.25) is 0 Å². The first-order valence-corrected chi connectivity index (χ1v) is 6.34. The summed E-state index contributed by atoms with van der Waals surface area (Å²) in [4.78, 5) is 34.3. The smallest absolute Gasteiger partial charge is 0.336 e. The maximum Gasteiger partial charge on any atom is 0.336 e. The molecule has 0 bridgehead atoms. The van der Waals surface area contributed by atoms with Crippen LogP contribution in [0.5, 0.6) is 5.75 Å². The number of methoxy groups -OCH3 is 1. The van der Waals surface area contributed by atoms with Crippen molar-refractivity contribution in [2.45, 2.75) is 19.3 Å². The highest BCUT2D eigenvalue weighted by Crippen LogP contribution is 2.22. The molecule has 6 heteroatoms. The van der Waals surface area contributed by atoms with Gasteiger partial charge in [0.25, 0.3) is 0 Å². The van der Waals surface area contributed by atoms with Crippen LogP contribution in [0.1, 0.15) is 18.4 Å². The number of carbonyl (C=O) groups excluding carboxylic acids is 2. The van der Waals surface area contributed by atoms with Gasteiger partial charge in [0, 0.05) is 30.4 Å². The first-order chi connectivity index (χ1) is 9.99. The molecule has 0 saturated carbocycles. The van der Waals surface area contributed by atoms with Gasteiger partial charge in [-0.05, 0) is 17.7 Å². The number of benzene rings is 1. The molecule has 0 atom stereocenters. The number of ketones is 1. The molecule has 0 spiro atoms. The molecule has 2 aromatic rings. The molecular formula is C15H14O6. The molecule has 1 N–H and O–H groups in total. The largest absolute Gasteiger partial charge is 0.508 e. The van der Waals surface area contributed by atoms with Crippen molar-refractivity contribution in [2.75, 3.05) is 7.11 Å². The van der Waals surface area contributed by atoms with E-state index in [0.29, 0.717) is 10.9 Å². The highest BCUT2D eigenvalue weighted by molar-refractivity contribution is 5.89. The van der Waals surface area contributed by atoms with Crippen LogP contribution in [-0.2, 0) is 20.7 Å². The first kappa shape index (κ1) is 14.8. The van der Waals surface area contributed by atoms with E-state index in [-0.39, 0.29) is 36.4 Å². The number of phenolic OH excluding ortho intramolecular Hbond substituents is 1. The fourth-order valence-corrected chi connectivity index (χ4v) is 2.01. The van der Waals surface area contributed by atoms with Gasteiger partial charge < -0.3 is 14.3 Å². The van der Waals surface area contributed by atoms with Crippen LogP contribution in [0, 0.1) is 0 Å². The van der Waals surface area contributed by atoms with Crippen LogP contribution >= 0.6 is 0 Å². The molecule has 6 nitrogen and oxygen atoms in total. The number of fused-ring (bicyclic) bond motifs is 1. The summed E-state index contributed by atoms with van der Waals surface area (Å²) in [7, 11) is 1.26. The van der Waals surface area contributed by atoms with Gasteiger partial charge in [-0.15, -0.1) is 0 Å². The van der Waals surface area contributed by atoms with Gasteiger partial charge in [0.15, 0.2) is 0 Å². The van der Waals surface area contributed by atoms with Crippen molar-refractivity contribution < 1.29 is 23.8 Å². The van der Waals surface area contributed by atoms with E-state index in [1.165, 1.54) is 25.3 Å². The molecule has 21 heavy (non-hydrogen) atoms. The Kier molecular flexibility index (Phi) is 4.37. The minimum atomic E-state index is -0.594. The third-order valence-electron chi connectivity index (χ3n) is 3.04. The number of aromatic hydroxyl groups is 1. The van der Waals surface area contributed by atoms with E-state index in [1.807, 2.05) is 0 Å². The average Bonchev–Trinajstić information content (AvgIpc) is 2.43. The quantitative estimate of drug-likeness (QED) is 0.663. The van der Waals surface area contributed by atoms with Crippen molar-refractivity contribution in [1.29, 1.82) is 0 Å². The Morgan fingerprint density at radius 3 is 2.71 bits per heavy atom. The third kappa shape index (κ3) is 3.68. The van der Waals surface area contributed by atoms with E-state index < -0.39 is 11.6 Å². The van der Waals surface area contributed by atoms with Crippen LogP contribution in [-0.4, -0.2) is 24.0 Å². The molecule has 0 saturated heterocycles. The lowest BCUT2D eigenvalue weighted by Crippen LogP contribution is -2.10. The van der Waals surface area contributed by atoms with Gasteiger partial charge in [0.1, 0.15) is 17.1 Å². The second-order valence-electron chi connectivity index (χ2n) is 4.56. The number of ether oxygens (including phenoxy) is 1. The van der Waals surface area contributed by atoms with Crippen LogP contribution in [0.15, 0.2) is 33.5 Å². The number of hydrogen-bond donors (Lipinski definition) is 1. The van der Waals surface area contributed by atoms with Crippen LogP contribution in [0.4, 0.5) is 0 Å². The number of hydrogen-bond acceptors (Lipinski definition) is 6. The van der Waals surface area contributed by atoms with Gasteiger partial charge in [-0.3, -0.25) is 9.59 Å². The predicted molar refractivity (Wildman–Crippen MR) is 74.1 cm³/mol. The van der Waals surface area contributed by atoms with Gasteiger partial charge in [-0.1, -0.05) is 0 Å².